The van der Waals surface area contributed by atoms with Crippen LogP contribution < -0.4 is 5.32 Å². The highest BCUT2D eigenvalue weighted by molar-refractivity contribution is 5.05. The Balaban J connectivity index is 1.72. The Morgan fingerprint density at radius 2 is 1.85 bits per heavy atom. The smallest absolute Gasteiger partial charge is 0.00619 e. The van der Waals surface area contributed by atoms with E-state index in [4.69, 9.17) is 0 Å². The van der Waals surface area contributed by atoms with Gasteiger partial charge in [-0.15, -0.1) is 0 Å². The summed E-state index contributed by atoms with van der Waals surface area (Å²) in [5.41, 5.74) is 0.767. The van der Waals surface area contributed by atoms with Gasteiger partial charge in [0.25, 0.3) is 0 Å². The van der Waals surface area contributed by atoms with Gasteiger partial charge in [-0.2, -0.15) is 0 Å². The van der Waals surface area contributed by atoms with Gasteiger partial charge in [0.1, 0.15) is 0 Å². The lowest BCUT2D eigenvalue weighted by molar-refractivity contribution is 0.343. The van der Waals surface area contributed by atoms with E-state index in [1.165, 1.54) is 32.2 Å². The Kier molecular flexibility index (Phi) is 2.39. The largest absolute Gasteiger partial charge is 0.313 e. The van der Waals surface area contributed by atoms with Gasteiger partial charge in [0, 0.05) is 12.6 Å². The maximum Gasteiger partial charge on any atom is 0.00619 e. The maximum atomic E-state index is 3.71. The van der Waals surface area contributed by atoms with Crippen molar-refractivity contribution in [2.75, 3.05) is 6.54 Å². The molecule has 0 aromatic heterocycles. The maximum absolute atomic E-state index is 3.71. The monoisotopic (exact) mass is 181 g/mol. The summed E-state index contributed by atoms with van der Waals surface area (Å²) in [6.45, 7) is 8.20. The molecular weight excluding hydrogens is 158 g/mol. The first-order chi connectivity index (χ1) is 6.14. The molecule has 0 aromatic carbocycles. The molecule has 0 saturated heterocycles. The molecule has 2 rings (SSSR count). The molecule has 0 spiro atoms. The van der Waals surface area contributed by atoms with E-state index in [9.17, 15) is 0 Å². The summed E-state index contributed by atoms with van der Waals surface area (Å²) in [7, 11) is 0. The van der Waals surface area contributed by atoms with Crippen molar-refractivity contribution < 1.29 is 0 Å². The van der Waals surface area contributed by atoms with Crippen LogP contribution in [0.25, 0.3) is 0 Å². The van der Waals surface area contributed by atoms with Crippen molar-refractivity contribution in [1.29, 1.82) is 0 Å². The minimum Gasteiger partial charge on any atom is -0.313 e. The van der Waals surface area contributed by atoms with E-state index < -0.39 is 0 Å². The lowest BCUT2D eigenvalue weighted by atomic mass is 9.99. The number of hydrogen-bond donors (Lipinski definition) is 1. The molecule has 1 nitrogen and oxygen atoms in total. The Morgan fingerprint density at radius 3 is 2.23 bits per heavy atom. The van der Waals surface area contributed by atoms with Gasteiger partial charge in [0.05, 0.1) is 0 Å². The van der Waals surface area contributed by atoms with Crippen molar-refractivity contribution in [2.45, 2.75) is 52.5 Å². The summed E-state index contributed by atoms with van der Waals surface area (Å²) in [6, 6.07) is 0.691. The zero-order valence-corrected chi connectivity index (χ0v) is 9.27. The van der Waals surface area contributed by atoms with E-state index in [2.05, 4.69) is 26.1 Å². The van der Waals surface area contributed by atoms with Crippen molar-refractivity contribution in [3.63, 3.8) is 0 Å². The van der Waals surface area contributed by atoms with Crippen LogP contribution in [0.2, 0.25) is 0 Å². The lowest BCUT2D eigenvalue weighted by Crippen LogP contribution is -2.36. The van der Waals surface area contributed by atoms with Crippen LogP contribution in [0, 0.1) is 17.3 Å². The Labute approximate surface area is 82.3 Å². The Hall–Kier alpha value is -0.0400. The molecule has 2 saturated carbocycles. The van der Waals surface area contributed by atoms with Gasteiger partial charge in [-0.25, -0.2) is 0 Å². The van der Waals surface area contributed by atoms with Gasteiger partial charge >= 0.3 is 0 Å². The zero-order valence-electron chi connectivity index (χ0n) is 9.27. The molecule has 0 bridgehead atoms. The summed E-state index contributed by atoms with van der Waals surface area (Å²) in [4.78, 5) is 0. The van der Waals surface area contributed by atoms with E-state index in [1.807, 2.05) is 0 Å². The van der Waals surface area contributed by atoms with Gasteiger partial charge < -0.3 is 5.32 Å². The van der Waals surface area contributed by atoms with Crippen molar-refractivity contribution in [3.8, 4) is 0 Å². The minimum absolute atomic E-state index is 0.691. The van der Waals surface area contributed by atoms with Crippen molar-refractivity contribution in [3.05, 3.63) is 0 Å². The molecule has 1 N–H and O–H groups in total. The van der Waals surface area contributed by atoms with Gasteiger partial charge in [-0.05, 0) is 49.9 Å². The highest BCUT2D eigenvalue weighted by atomic mass is 14.9. The summed E-state index contributed by atoms with van der Waals surface area (Å²) in [6.07, 6.45) is 6.01. The molecule has 2 aliphatic carbocycles. The van der Waals surface area contributed by atoms with Gasteiger partial charge in [0.2, 0.25) is 0 Å². The molecule has 0 aromatic rings. The summed E-state index contributed by atoms with van der Waals surface area (Å²) in [5.74, 6) is 1.87. The molecular formula is C12H23N. The lowest BCUT2D eigenvalue weighted by Gasteiger charge is -2.22. The highest BCUT2D eigenvalue weighted by Gasteiger charge is 2.53. The zero-order chi connectivity index (χ0) is 9.47. The first-order valence-electron chi connectivity index (χ1n) is 5.87. The van der Waals surface area contributed by atoms with Crippen LogP contribution in [0.1, 0.15) is 46.5 Å². The SMILES string of the molecule is CC(C)C(C)NCC1(C2CC2)CC1. The normalized spacial score (nSPS) is 27.7. The fourth-order valence-electron chi connectivity index (χ4n) is 2.19. The minimum atomic E-state index is 0.691. The second kappa shape index (κ2) is 3.27. The van der Waals surface area contributed by atoms with E-state index in [0.29, 0.717) is 6.04 Å². The van der Waals surface area contributed by atoms with E-state index in [1.54, 1.807) is 0 Å². The van der Waals surface area contributed by atoms with Gasteiger partial charge in [-0.1, -0.05) is 13.8 Å². The third kappa shape index (κ3) is 2.07. The van der Waals surface area contributed by atoms with Crippen LogP contribution in [-0.4, -0.2) is 12.6 Å². The average Bonchev–Trinajstić information content (AvgIpc) is 2.90. The van der Waals surface area contributed by atoms with Crippen LogP contribution in [-0.2, 0) is 0 Å². The topological polar surface area (TPSA) is 12.0 Å². The predicted molar refractivity (Wildman–Crippen MR) is 56.7 cm³/mol. The highest BCUT2D eigenvalue weighted by Crippen LogP contribution is 2.60. The van der Waals surface area contributed by atoms with E-state index >= 15 is 0 Å². The van der Waals surface area contributed by atoms with Gasteiger partial charge in [0.15, 0.2) is 0 Å². The van der Waals surface area contributed by atoms with E-state index in [0.717, 1.165) is 17.3 Å². The second-order valence-electron chi connectivity index (χ2n) is 5.55. The van der Waals surface area contributed by atoms with Crippen LogP contribution in [0.15, 0.2) is 0 Å². The molecule has 1 heteroatoms. The van der Waals surface area contributed by atoms with Crippen LogP contribution in [0.5, 0.6) is 0 Å². The number of hydrogen-bond acceptors (Lipinski definition) is 1. The molecule has 76 valence electrons. The molecule has 1 unspecified atom stereocenters. The van der Waals surface area contributed by atoms with Crippen molar-refractivity contribution in [2.24, 2.45) is 17.3 Å². The molecule has 0 aliphatic heterocycles. The van der Waals surface area contributed by atoms with Crippen molar-refractivity contribution >= 4 is 0 Å². The quantitative estimate of drug-likeness (QED) is 0.687. The average molecular weight is 181 g/mol. The fraction of sp³-hybridized carbons (Fsp3) is 1.00. The summed E-state index contributed by atoms with van der Waals surface area (Å²) in [5, 5.41) is 3.71. The molecule has 2 aliphatic rings. The Morgan fingerprint density at radius 1 is 1.23 bits per heavy atom. The Bertz CT molecular complexity index is 178. The van der Waals surface area contributed by atoms with Crippen LogP contribution in [0.3, 0.4) is 0 Å². The third-order valence-corrected chi connectivity index (χ3v) is 4.11. The predicted octanol–water partition coefficient (Wildman–Crippen LogP) is 2.81. The first kappa shape index (κ1) is 9.51. The fourth-order valence-corrected chi connectivity index (χ4v) is 2.19. The third-order valence-electron chi connectivity index (χ3n) is 4.11. The summed E-state index contributed by atoms with van der Waals surface area (Å²) < 4.78 is 0. The molecule has 13 heavy (non-hydrogen) atoms. The molecule has 0 heterocycles. The van der Waals surface area contributed by atoms with Crippen LogP contribution in [0.4, 0.5) is 0 Å². The standard InChI is InChI=1S/C12H23N/c1-9(2)10(3)13-8-12(6-7-12)11-4-5-11/h9-11,13H,4-8H2,1-3H3. The van der Waals surface area contributed by atoms with Crippen molar-refractivity contribution in [1.82, 2.24) is 5.32 Å². The molecule has 0 radical (unpaired) electrons. The molecule has 2 fully saturated rings. The van der Waals surface area contributed by atoms with Crippen LogP contribution >= 0.6 is 0 Å². The van der Waals surface area contributed by atoms with Gasteiger partial charge in [-0.3, -0.25) is 0 Å². The molecule has 1 atom stereocenters. The number of nitrogens with one attached hydrogen (secondary N) is 1. The first-order valence-corrected chi connectivity index (χ1v) is 5.87. The van der Waals surface area contributed by atoms with E-state index in [-0.39, 0.29) is 0 Å². The second-order valence-corrected chi connectivity index (χ2v) is 5.55. The number of rotatable bonds is 5. The summed E-state index contributed by atoms with van der Waals surface area (Å²) >= 11 is 0. The molecule has 0 amide bonds.